The summed E-state index contributed by atoms with van der Waals surface area (Å²) in [6.45, 7) is 4.33. The number of methoxy groups -OCH3 is 1. The highest BCUT2D eigenvalue weighted by Crippen LogP contribution is 2.43. The van der Waals surface area contributed by atoms with E-state index in [0.717, 1.165) is 32.2 Å². The molecule has 2 heterocycles. The van der Waals surface area contributed by atoms with Gasteiger partial charge in [0.15, 0.2) is 0 Å². The third kappa shape index (κ3) is 3.58. The molecule has 0 saturated carbocycles. The number of nitrogens with one attached hydrogen (secondary N) is 1. The van der Waals surface area contributed by atoms with Crippen molar-refractivity contribution in [3.63, 3.8) is 0 Å². The molecule has 160 valence electrons. The number of Topliss-reactive ketones (excluding diaryl/α,β-unsaturated/α-hetero) is 1. The van der Waals surface area contributed by atoms with E-state index in [0.29, 0.717) is 5.56 Å². The summed E-state index contributed by atoms with van der Waals surface area (Å²) >= 11 is 3.46. The van der Waals surface area contributed by atoms with Crippen molar-refractivity contribution < 1.29 is 19.4 Å². The number of aromatic nitrogens is 1. The van der Waals surface area contributed by atoms with Gasteiger partial charge in [0.2, 0.25) is 0 Å². The minimum absolute atomic E-state index is 0.0932. The van der Waals surface area contributed by atoms with Gasteiger partial charge in [-0.1, -0.05) is 40.2 Å². The quantitative estimate of drug-likeness (QED) is 0.315. The highest BCUT2D eigenvalue weighted by Gasteiger charge is 2.47. The molecular weight excluding hydrogens is 460 g/mol. The molecular formula is C24H23BrN2O4. The second kappa shape index (κ2) is 8.32. The molecule has 1 aliphatic heterocycles. The molecule has 0 aliphatic carbocycles. The highest BCUT2D eigenvalue weighted by atomic mass is 79.9. The molecule has 1 unspecified atom stereocenters. The summed E-state index contributed by atoms with van der Waals surface area (Å²) in [5.41, 5.74) is 4.06. The zero-order chi connectivity index (χ0) is 22.3. The topological polar surface area (TPSA) is 82.6 Å². The molecule has 1 saturated heterocycles. The van der Waals surface area contributed by atoms with Crippen LogP contribution in [0.3, 0.4) is 0 Å². The second-order valence-electron chi connectivity index (χ2n) is 7.66. The smallest absolute Gasteiger partial charge is 0.295 e. The fraction of sp³-hybridized carbons (Fsp3) is 0.250. The van der Waals surface area contributed by atoms with E-state index in [-0.39, 0.29) is 24.5 Å². The Morgan fingerprint density at radius 3 is 2.65 bits per heavy atom. The Morgan fingerprint density at radius 2 is 1.94 bits per heavy atom. The van der Waals surface area contributed by atoms with Crippen LogP contribution in [0.25, 0.3) is 16.7 Å². The van der Waals surface area contributed by atoms with Crippen LogP contribution in [0.15, 0.2) is 52.5 Å². The van der Waals surface area contributed by atoms with E-state index < -0.39 is 17.7 Å². The number of halogens is 1. The Kier molecular flexibility index (Phi) is 5.73. The van der Waals surface area contributed by atoms with Crippen molar-refractivity contribution in [2.45, 2.75) is 19.9 Å². The molecule has 0 bridgehead atoms. The number of nitrogens with zero attached hydrogens (tertiary/aromatic N) is 1. The summed E-state index contributed by atoms with van der Waals surface area (Å²) in [5, 5.41) is 12.1. The molecule has 31 heavy (non-hydrogen) atoms. The van der Waals surface area contributed by atoms with Gasteiger partial charge in [0.1, 0.15) is 5.76 Å². The Bertz CT molecular complexity index is 1230. The van der Waals surface area contributed by atoms with E-state index >= 15 is 0 Å². The van der Waals surface area contributed by atoms with E-state index in [1.54, 1.807) is 19.2 Å². The van der Waals surface area contributed by atoms with Crippen LogP contribution in [0.2, 0.25) is 0 Å². The van der Waals surface area contributed by atoms with Crippen molar-refractivity contribution in [1.82, 2.24) is 9.88 Å². The maximum atomic E-state index is 13.1. The predicted octanol–water partition coefficient (Wildman–Crippen LogP) is 4.62. The molecule has 0 spiro atoms. The molecule has 2 N–H and O–H groups in total. The molecule has 1 aliphatic rings. The van der Waals surface area contributed by atoms with Crippen molar-refractivity contribution in [2.24, 2.45) is 0 Å². The molecule has 7 heteroatoms. The van der Waals surface area contributed by atoms with Gasteiger partial charge >= 0.3 is 0 Å². The number of ether oxygens (including phenoxy) is 1. The zero-order valence-corrected chi connectivity index (χ0v) is 19.1. The summed E-state index contributed by atoms with van der Waals surface area (Å²) in [6.07, 6.45) is 0. The summed E-state index contributed by atoms with van der Waals surface area (Å²) in [4.78, 5) is 30.9. The zero-order valence-electron chi connectivity index (χ0n) is 17.5. The van der Waals surface area contributed by atoms with Gasteiger partial charge in [-0.2, -0.15) is 0 Å². The van der Waals surface area contributed by atoms with Gasteiger partial charge in [-0.25, -0.2) is 0 Å². The van der Waals surface area contributed by atoms with Gasteiger partial charge in [0, 0.05) is 45.9 Å². The van der Waals surface area contributed by atoms with Gasteiger partial charge in [0.25, 0.3) is 11.7 Å². The first-order valence-corrected chi connectivity index (χ1v) is 10.8. The lowest BCUT2D eigenvalue weighted by atomic mass is 9.93. The molecule has 2 aromatic carbocycles. The van der Waals surface area contributed by atoms with Crippen LogP contribution >= 0.6 is 15.9 Å². The number of aromatic amines is 1. The monoisotopic (exact) mass is 482 g/mol. The normalized spacial score (nSPS) is 18.3. The average Bonchev–Trinajstić information content (AvgIpc) is 3.20. The number of rotatable bonds is 5. The number of aryl methyl sites for hydroxylation is 2. The van der Waals surface area contributed by atoms with Crippen LogP contribution in [-0.4, -0.2) is 46.9 Å². The lowest BCUT2D eigenvalue weighted by Gasteiger charge is -2.25. The van der Waals surface area contributed by atoms with Crippen molar-refractivity contribution in [3.8, 4) is 0 Å². The van der Waals surface area contributed by atoms with E-state index in [9.17, 15) is 14.7 Å². The summed E-state index contributed by atoms with van der Waals surface area (Å²) in [6, 6.07) is 12.4. The Balaban J connectivity index is 1.97. The first-order valence-electron chi connectivity index (χ1n) is 9.96. The van der Waals surface area contributed by atoms with Crippen LogP contribution in [-0.2, 0) is 14.3 Å². The minimum Gasteiger partial charge on any atom is -0.507 e. The van der Waals surface area contributed by atoms with Gasteiger partial charge in [-0.15, -0.1) is 0 Å². The first-order chi connectivity index (χ1) is 14.8. The molecule has 3 aromatic rings. The van der Waals surface area contributed by atoms with Crippen molar-refractivity contribution in [1.29, 1.82) is 0 Å². The average molecular weight is 483 g/mol. The number of hydrogen-bond donors (Lipinski definition) is 2. The fourth-order valence-electron chi connectivity index (χ4n) is 4.20. The van der Waals surface area contributed by atoms with Gasteiger partial charge < -0.3 is 19.7 Å². The lowest BCUT2D eigenvalue weighted by molar-refractivity contribution is -0.140. The molecule has 6 nitrogen and oxygen atoms in total. The number of aliphatic hydroxyl groups is 1. The number of carbonyl (C=O) groups excluding carboxylic acids is 2. The number of likely N-dealkylation sites (tertiary alicyclic amines) is 1. The SMILES string of the molecule is COCCN1C(=O)C(=O)/C(=C(/O)c2ccc(Br)c(C)c2)C1c1c(C)[nH]c2ccccc12. The maximum Gasteiger partial charge on any atom is 0.295 e. The number of benzene rings is 2. The number of H-pyrrole nitrogens is 1. The highest BCUT2D eigenvalue weighted by molar-refractivity contribution is 9.10. The number of aliphatic hydroxyl groups excluding tert-OH is 1. The molecule has 1 amide bonds. The maximum absolute atomic E-state index is 13.1. The Labute approximate surface area is 188 Å². The number of fused-ring (bicyclic) bond motifs is 1. The number of ketones is 1. The predicted molar refractivity (Wildman–Crippen MR) is 123 cm³/mol. The number of carbonyl (C=O) groups is 2. The van der Waals surface area contributed by atoms with Crippen molar-refractivity contribution in [3.05, 3.63) is 74.9 Å². The standard InChI is InChI=1S/C24H23BrN2O4/c1-13-12-15(8-9-17(13)25)22(28)20-21(27(10-11-31-3)24(30)23(20)29)19-14(2)26-18-7-5-4-6-16(18)19/h4-9,12,21,26,28H,10-11H2,1-3H3/b22-20+. The molecule has 4 rings (SSSR count). The van der Waals surface area contributed by atoms with Crippen LogP contribution in [0.1, 0.15) is 28.4 Å². The molecule has 1 fully saturated rings. The summed E-state index contributed by atoms with van der Waals surface area (Å²) in [7, 11) is 1.55. The van der Waals surface area contributed by atoms with E-state index in [1.807, 2.05) is 44.2 Å². The van der Waals surface area contributed by atoms with E-state index in [4.69, 9.17) is 4.74 Å². The van der Waals surface area contributed by atoms with Crippen LogP contribution < -0.4 is 0 Å². The van der Waals surface area contributed by atoms with Crippen molar-refractivity contribution in [2.75, 3.05) is 20.3 Å². The number of para-hydroxylation sites is 1. The Morgan fingerprint density at radius 1 is 1.19 bits per heavy atom. The molecule has 1 atom stereocenters. The van der Waals surface area contributed by atoms with Gasteiger partial charge in [-0.05, 0) is 37.6 Å². The van der Waals surface area contributed by atoms with Crippen LogP contribution in [0.5, 0.6) is 0 Å². The first kappa shape index (κ1) is 21.3. The number of amides is 1. The molecule has 0 radical (unpaired) electrons. The number of hydrogen-bond acceptors (Lipinski definition) is 4. The largest absolute Gasteiger partial charge is 0.507 e. The summed E-state index contributed by atoms with van der Waals surface area (Å²) in [5.74, 6) is -1.51. The van der Waals surface area contributed by atoms with Crippen molar-refractivity contribution >= 4 is 44.3 Å². The molecule has 1 aromatic heterocycles. The lowest BCUT2D eigenvalue weighted by Crippen LogP contribution is -2.32. The van der Waals surface area contributed by atoms with Crippen LogP contribution in [0.4, 0.5) is 0 Å². The fourth-order valence-corrected chi connectivity index (χ4v) is 4.45. The second-order valence-corrected chi connectivity index (χ2v) is 8.51. The van der Waals surface area contributed by atoms with Gasteiger partial charge in [-0.3, -0.25) is 9.59 Å². The Hall–Kier alpha value is -2.90. The van der Waals surface area contributed by atoms with E-state index in [1.165, 1.54) is 4.90 Å². The third-order valence-electron chi connectivity index (χ3n) is 5.72. The third-order valence-corrected chi connectivity index (χ3v) is 6.61. The minimum atomic E-state index is -0.713. The van der Waals surface area contributed by atoms with Gasteiger partial charge in [0.05, 0.1) is 18.2 Å². The summed E-state index contributed by atoms with van der Waals surface area (Å²) < 4.78 is 6.08. The van der Waals surface area contributed by atoms with E-state index in [2.05, 4.69) is 20.9 Å². The van der Waals surface area contributed by atoms with Crippen LogP contribution in [0, 0.1) is 13.8 Å².